The lowest BCUT2D eigenvalue weighted by atomic mass is 9.87. The standard InChI is InChI=1S/C23H22N4O3S2/c1-5-29-23(28)20-17(11-32-22-15(9-24)13(3)12(2)14(4)27-22)30-21(26)16(10-25)19(20)18-7-6-8-31-18/h6-8,19H,5,11,26H2,1-4H3/t19-/m1/s1. The number of nitrogens with zero attached hydrogens (tertiary/aromatic N) is 3. The van der Waals surface area contributed by atoms with Crippen molar-refractivity contribution in [3.8, 4) is 12.1 Å². The summed E-state index contributed by atoms with van der Waals surface area (Å²) in [5.74, 6) is -0.789. The maximum absolute atomic E-state index is 13.0. The molecular weight excluding hydrogens is 444 g/mol. The van der Waals surface area contributed by atoms with Crippen LogP contribution >= 0.6 is 23.1 Å². The van der Waals surface area contributed by atoms with Gasteiger partial charge in [0.25, 0.3) is 0 Å². The Balaban J connectivity index is 2.08. The molecule has 0 unspecified atom stereocenters. The van der Waals surface area contributed by atoms with E-state index in [4.69, 9.17) is 15.2 Å². The van der Waals surface area contributed by atoms with E-state index >= 15 is 0 Å². The fourth-order valence-electron chi connectivity index (χ4n) is 3.38. The van der Waals surface area contributed by atoms with Gasteiger partial charge in [0, 0.05) is 10.6 Å². The highest BCUT2D eigenvalue weighted by molar-refractivity contribution is 7.99. The molecular formula is C23H22N4O3S2. The van der Waals surface area contributed by atoms with Gasteiger partial charge in [-0.1, -0.05) is 17.8 Å². The molecule has 3 heterocycles. The first-order valence-electron chi connectivity index (χ1n) is 9.85. The Morgan fingerprint density at radius 1 is 1.31 bits per heavy atom. The lowest BCUT2D eigenvalue weighted by Gasteiger charge is -2.27. The zero-order valence-electron chi connectivity index (χ0n) is 18.2. The summed E-state index contributed by atoms with van der Waals surface area (Å²) in [7, 11) is 0. The summed E-state index contributed by atoms with van der Waals surface area (Å²) >= 11 is 2.70. The molecule has 0 aromatic carbocycles. The lowest BCUT2D eigenvalue weighted by Crippen LogP contribution is -2.26. The highest BCUT2D eigenvalue weighted by Crippen LogP contribution is 2.42. The van der Waals surface area contributed by atoms with Crippen molar-refractivity contribution in [1.29, 1.82) is 10.5 Å². The number of nitrogens with two attached hydrogens (primary N) is 1. The molecule has 1 aliphatic rings. The summed E-state index contributed by atoms with van der Waals surface area (Å²) in [4.78, 5) is 18.3. The first-order chi connectivity index (χ1) is 15.3. The van der Waals surface area contributed by atoms with Crippen LogP contribution in [0.2, 0.25) is 0 Å². The summed E-state index contributed by atoms with van der Waals surface area (Å²) in [5.41, 5.74) is 9.65. The number of hydrogen-bond donors (Lipinski definition) is 1. The van der Waals surface area contributed by atoms with Crippen molar-refractivity contribution in [2.24, 2.45) is 5.73 Å². The zero-order valence-corrected chi connectivity index (χ0v) is 19.8. The van der Waals surface area contributed by atoms with Crippen LogP contribution in [0.5, 0.6) is 0 Å². The molecule has 0 aliphatic carbocycles. The van der Waals surface area contributed by atoms with Gasteiger partial charge in [0.05, 0.1) is 29.4 Å². The predicted octanol–water partition coefficient (Wildman–Crippen LogP) is 4.36. The molecule has 0 fully saturated rings. The van der Waals surface area contributed by atoms with Gasteiger partial charge in [-0.15, -0.1) is 11.3 Å². The first kappa shape index (κ1) is 23.4. The van der Waals surface area contributed by atoms with Crippen LogP contribution in [0, 0.1) is 43.4 Å². The highest BCUT2D eigenvalue weighted by Gasteiger charge is 2.38. The number of carbonyl (C=O) groups excluding carboxylic acids is 1. The molecule has 7 nitrogen and oxygen atoms in total. The summed E-state index contributed by atoms with van der Waals surface area (Å²) in [6.45, 7) is 7.60. The summed E-state index contributed by atoms with van der Waals surface area (Å²) in [6, 6.07) is 8.00. The minimum absolute atomic E-state index is 0.0423. The number of thioether (sulfide) groups is 1. The molecule has 0 saturated carbocycles. The molecule has 32 heavy (non-hydrogen) atoms. The SMILES string of the molecule is CCOC(=O)C1=C(CSc2nc(C)c(C)c(C)c2C#N)OC(N)=C(C#N)[C@@H]1c1cccs1. The maximum atomic E-state index is 13.0. The molecule has 9 heteroatoms. The van der Waals surface area contributed by atoms with Crippen molar-refractivity contribution in [3.05, 3.63) is 67.6 Å². The van der Waals surface area contributed by atoms with E-state index in [0.29, 0.717) is 16.3 Å². The molecule has 1 aliphatic heterocycles. The topological polar surface area (TPSA) is 122 Å². The second-order valence-corrected chi connectivity index (χ2v) is 8.97. The Morgan fingerprint density at radius 2 is 2.06 bits per heavy atom. The number of pyridine rings is 1. The number of rotatable bonds is 6. The van der Waals surface area contributed by atoms with E-state index in [1.807, 2.05) is 38.3 Å². The van der Waals surface area contributed by atoms with E-state index < -0.39 is 11.9 Å². The Hall–Kier alpha value is -3.27. The van der Waals surface area contributed by atoms with Crippen molar-refractivity contribution in [2.45, 2.75) is 38.6 Å². The third-order valence-corrected chi connectivity index (χ3v) is 7.15. The third kappa shape index (κ3) is 4.36. The summed E-state index contributed by atoms with van der Waals surface area (Å²) < 4.78 is 11.1. The van der Waals surface area contributed by atoms with E-state index in [0.717, 1.165) is 21.7 Å². The number of hydrogen-bond acceptors (Lipinski definition) is 9. The number of thiophene rings is 1. The average molecular weight is 467 g/mol. The molecule has 0 saturated heterocycles. The number of allylic oxidation sites excluding steroid dienone is 1. The van der Waals surface area contributed by atoms with Gasteiger partial charge in [-0.2, -0.15) is 10.5 Å². The van der Waals surface area contributed by atoms with Crippen LogP contribution in [0.4, 0.5) is 0 Å². The molecule has 2 aromatic rings. The quantitative estimate of drug-likeness (QED) is 0.492. The fourth-order valence-corrected chi connectivity index (χ4v) is 5.25. The lowest BCUT2D eigenvalue weighted by molar-refractivity contribution is -0.139. The van der Waals surface area contributed by atoms with E-state index in [1.165, 1.54) is 23.1 Å². The van der Waals surface area contributed by atoms with Crippen LogP contribution in [-0.4, -0.2) is 23.3 Å². The Bertz CT molecular complexity index is 1200. The van der Waals surface area contributed by atoms with Crippen molar-refractivity contribution < 1.29 is 14.3 Å². The van der Waals surface area contributed by atoms with E-state index in [1.54, 1.807) is 6.92 Å². The van der Waals surface area contributed by atoms with Crippen LogP contribution in [0.25, 0.3) is 0 Å². The van der Waals surface area contributed by atoms with Gasteiger partial charge in [-0.3, -0.25) is 0 Å². The van der Waals surface area contributed by atoms with Crippen molar-refractivity contribution in [3.63, 3.8) is 0 Å². The van der Waals surface area contributed by atoms with Crippen LogP contribution in [-0.2, 0) is 14.3 Å². The Labute approximate surface area is 195 Å². The molecule has 0 radical (unpaired) electrons. The number of esters is 1. The third-order valence-electron chi connectivity index (χ3n) is 5.23. The number of aryl methyl sites for hydroxylation is 1. The maximum Gasteiger partial charge on any atom is 0.338 e. The predicted molar refractivity (Wildman–Crippen MR) is 123 cm³/mol. The van der Waals surface area contributed by atoms with E-state index in [9.17, 15) is 15.3 Å². The number of ether oxygens (including phenoxy) is 2. The molecule has 0 amide bonds. The molecule has 3 rings (SSSR count). The second-order valence-electron chi connectivity index (χ2n) is 7.03. The molecule has 0 bridgehead atoms. The molecule has 2 N–H and O–H groups in total. The van der Waals surface area contributed by atoms with E-state index in [-0.39, 0.29) is 29.4 Å². The second kappa shape index (κ2) is 9.90. The number of aromatic nitrogens is 1. The Kier molecular flexibility index (Phi) is 7.24. The van der Waals surface area contributed by atoms with Crippen molar-refractivity contribution >= 4 is 29.1 Å². The van der Waals surface area contributed by atoms with Crippen LogP contribution in [0.15, 0.2) is 45.3 Å². The van der Waals surface area contributed by atoms with Gasteiger partial charge in [-0.25, -0.2) is 9.78 Å². The van der Waals surface area contributed by atoms with Gasteiger partial charge in [0.15, 0.2) is 0 Å². The molecule has 0 spiro atoms. The van der Waals surface area contributed by atoms with Crippen molar-refractivity contribution in [1.82, 2.24) is 4.98 Å². The van der Waals surface area contributed by atoms with Gasteiger partial charge in [-0.05, 0) is 50.3 Å². The van der Waals surface area contributed by atoms with Crippen LogP contribution < -0.4 is 5.73 Å². The average Bonchev–Trinajstić information content (AvgIpc) is 3.30. The zero-order chi connectivity index (χ0) is 23.4. The van der Waals surface area contributed by atoms with E-state index in [2.05, 4.69) is 17.1 Å². The highest BCUT2D eigenvalue weighted by atomic mass is 32.2. The Morgan fingerprint density at radius 3 is 2.66 bits per heavy atom. The molecule has 1 atom stereocenters. The minimum atomic E-state index is -0.673. The smallest absolute Gasteiger partial charge is 0.338 e. The van der Waals surface area contributed by atoms with Gasteiger partial charge in [0.2, 0.25) is 5.88 Å². The first-order valence-corrected chi connectivity index (χ1v) is 11.7. The largest absolute Gasteiger partial charge is 0.463 e. The monoisotopic (exact) mass is 466 g/mol. The van der Waals surface area contributed by atoms with Crippen LogP contribution in [0.3, 0.4) is 0 Å². The van der Waals surface area contributed by atoms with Gasteiger partial charge < -0.3 is 15.2 Å². The van der Waals surface area contributed by atoms with Gasteiger partial charge in [0.1, 0.15) is 28.5 Å². The normalized spacial score (nSPS) is 15.8. The van der Waals surface area contributed by atoms with Crippen molar-refractivity contribution in [2.75, 3.05) is 12.4 Å². The summed E-state index contributed by atoms with van der Waals surface area (Å²) in [6.07, 6.45) is 0. The summed E-state index contributed by atoms with van der Waals surface area (Å²) in [5, 5.41) is 21.8. The fraction of sp³-hybridized carbons (Fsp3) is 0.304. The molecule has 164 valence electrons. The van der Waals surface area contributed by atoms with Gasteiger partial charge >= 0.3 is 5.97 Å². The minimum Gasteiger partial charge on any atom is -0.463 e. The molecule has 2 aromatic heterocycles. The number of carbonyl (C=O) groups is 1. The van der Waals surface area contributed by atoms with Crippen LogP contribution in [0.1, 0.15) is 40.1 Å². The number of nitriles is 2.